The van der Waals surface area contributed by atoms with E-state index in [1.54, 1.807) is 11.8 Å². The van der Waals surface area contributed by atoms with E-state index in [2.05, 4.69) is 13.8 Å². The first-order chi connectivity index (χ1) is 7.50. The minimum absolute atomic E-state index is 0.371. The second-order valence-electron chi connectivity index (χ2n) is 4.20. The van der Waals surface area contributed by atoms with E-state index in [0.29, 0.717) is 17.2 Å². The van der Waals surface area contributed by atoms with Gasteiger partial charge in [-0.2, -0.15) is 11.8 Å². The molecule has 1 unspecified atom stereocenters. The van der Waals surface area contributed by atoms with Crippen molar-refractivity contribution < 1.29 is 8.78 Å². The molecule has 0 radical (unpaired) electrons. The number of benzene rings is 1. The molecule has 0 aliphatic heterocycles. The van der Waals surface area contributed by atoms with Crippen LogP contribution in [0.3, 0.4) is 0 Å². The molecule has 0 aliphatic rings. The molecule has 0 amide bonds. The van der Waals surface area contributed by atoms with Crippen LogP contribution in [-0.2, 0) is 0 Å². The fourth-order valence-corrected chi connectivity index (χ4v) is 2.36. The monoisotopic (exact) mass is 245 g/mol. The summed E-state index contributed by atoms with van der Waals surface area (Å²) in [6.07, 6.45) is 0. The van der Waals surface area contributed by atoms with Crippen LogP contribution in [0.4, 0.5) is 8.78 Å². The van der Waals surface area contributed by atoms with E-state index in [9.17, 15) is 8.78 Å². The third-order valence-corrected chi connectivity index (χ3v) is 3.61. The van der Waals surface area contributed by atoms with Crippen molar-refractivity contribution in [2.45, 2.75) is 19.9 Å². The highest BCUT2D eigenvalue weighted by Crippen LogP contribution is 2.21. The molecule has 0 fully saturated rings. The van der Waals surface area contributed by atoms with Crippen molar-refractivity contribution in [1.82, 2.24) is 0 Å². The Bertz CT molecular complexity index is 342. The summed E-state index contributed by atoms with van der Waals surface area (Å²) in [5, 5.41) is 0. The van der Waals surface area contributed by atoms with Crippen LogP contribution in [0.5, 0.6) is 0 Å². The van der Waals surface area contributed by atoms with Gasteiger partial charge in [-0.15, -0.1) is 0 Å². The van der Waals surface area contributed by atoms with E-state index in [-0.39, 0.29) is 6.04 Å². The average Bonchev–Trinajstić information content (AvgIpc) is 2.16. The Morgan fingerprint density at radius 3 is 2.50 bits per heavy atom. The summed E-state index contributed by atoms with van der Waals surface area (Å²) in [4.78, 5) is 0. The Kier molecular flexibility index (Phi) is 5.22. The van der Waals surface area contributed by atoms with Crippen LogP contribution in [0.1, 0.15) is 25.5 Å². The minimum atomic E-state index is -0.566. The summed E-state index contributed by atoms with van der Waals surface area (Å²) in [7, 11) is 0. The summed E-state index contributed by atoms with van der Waals surface area (Å²) in [6.45, 7) is 4.24. The van der Waals surface area contributed by atoms with E-state index < -0.39 is 11.6 Å². The van der Waals surface area contributed by atoms with Crippen molar-refractivity contribution in [2.75, 3.05) is 11.5 Å². The van der Waals surface area contributed by atoms with Crippen molar-refractivity contribution in [1.29, 1.82) is 0 Å². The summed E-state index contributed by atoms with van der Waals surface area (Å²) in [5.41, 5.74) is 6.24. The maximum absolute atomic E-state index is 13.4. The Morgan fingerprint density at radius 1 is 1.25 bits per heavy atom. The van der Waals surface area contributed by atoms with Gasteiger partial charge in [0.05, 0.1) is 0 Å². The van der Waals surface area contributed by atoms with Gasteiger partial charge in [0, 0.05) is 23.4 Å². The quantitative estimate of drug-likeness (QED) is 0.861. The van der Waals surface area contributed by atoms with E-state index >= 15 is 0 Å². The van der Waals surface area contributed by atoms with Gasteiger partial charge in [0.15, 0.2) is 0 Å². The van der Waals surface area contributed by atoms with Gasteiger partial charge in [0.2, 0.25) is 0 Å². The highest BCUT2D eigenvalue weighted by Gasteiger charge is 2.12. The fourth-order valence-electron chi connectivity index (χ4n) is 1.32. The molecule has 0 bridgehead atoms. The van der Waals surface area contributed by atoms with Gasteiger partial charge in [0.25, 0.3) is 0 Å². The van der Waals surface area contributed by atoms with Crippen molar-refractivity contribution in [2.24, 2.45) is 11.7 Å². The zero-order valence-electron chi connectivity index (χ0n) is 9.54. The number of nitrogens with two attached hydrogens (primary N) is 1. The van der Waals surface area contributed by atoms with Gasteiger partial charge >= 0.3 is 0 Å². The molecule has 0 aromatic heterocycles. The Morgan fingerprint density at radius 2 is 1.94 bits per heavy atom. The van der Waals surface area contributed by atoms with E-state index in [4.69, 9.17) is 5.73 Å². The second kappa shape index (κ2) is 6.21. The molecule has 0 saturated heterocycles. The summed E-state index contributed by atoms with van der Waals surface area (Å²) < 4.78 is 26.0. The topological polar surface area (TPSA) is 26.0 Å². The fraction of sp³-hybridized carbons (Fsp3) is 0.500. The summed E-state index contributed by atoms with van der Waals surface area (Å²) >= 11 is 1.69. The van der Waals surface area contributed by atoms with Crippen LogP contribution in [0.15, 0.2) is 18.2 Å². The van der Waals surface area contributed by atoms with Crippen molar-refractivity contribution >= 4 is 11.8 Å². The highest BCUT2D eigenvalue weighted by atomic mass is 32.2. The van der Waals surface area contributed by atoms with Gasteiger partial charge in [-0.05, 0) is 17.7 Å². The smallest absolute Gasteiger partial charge is 0.130 e. The molecule has 1 rings (SSSR count). The first-order valence-corrected chi connectivity index (χ1v) is 6.44. The first-order valence-electron chi connectivity index (χ1n) is 5.29. The molecule has 4 heteroatoms. The van der Waals surface area contributed by atoms with Gasteiger partial charge in [-0.1, -0.05) is 19.9 Å². The lowest BCUT2D eigenvalue weighted by Gasteiger charge is -2.13. The molecule has 16 heavy (non-hydrogen) atoms. The maximum Gasteiger partial charge on any atom is 0.130 e. The van der Waals surface area contributed by atoms with Crippen LogP contribution >= 0.6 is 11.8 Å². The number of hydrogen-bond acceptors (Lipinski definition) is 2. The third kappa shape index (κ3) is 4.10. The Balaban J connectivity index is 2.55. The zero-order chi connectivity index (χ0) is 12.1. The second-order valence-corrected chi connectivity index (χ2v) is 5.28. The standard InChI is InChI=1S/C12H17F2NS/c1-8(2)6-16-7-12(15)10-4-3-9(13)5-11(10)14/h3-5,8,12H,6-7,15H2,1-2H3. The lowest BCUT2D eigenvalue weighted by Crippen LogP contribution is -2.15. The molecule has 2 N–H and O–H groups in total. The number of rotatable bonds is 5. The molecule has 0 spiro atoms. The molecule has 1 aromatic carbocycles. The predicted octanol–water partition coefficient (Wildman–Crippen LogP) is 3.35. The van der Waals surface area contributed by atoms with Crippen LogP contribution < -0.4 is 5.73 Å². The van der Waals surface area contributed by atoms with Crippen molar-refractivity contribution in [3.05, 3.63) is 35.4 Å². The SMILES string of the molecule is CC(C)CSCC(N)c1ccc(F)cc1F. The van der Waals surface area contributed by atoms with Crippen molar-refractivity contribution in [3.63, 3.8) is 0 Å². The maximum atomic E-state index is 13.4. The molecule has 0 saturated carbocycles. The Labute approximate surface area is 99.4 Å². The normalized spacial score (nSPS) is 13.1. The van der Waals surface area contributed by atoms with Crippen LogP contribution in [0, 0.1) is 17.6 Å². The third-order valence-electron chi connectivity index (χ3n) is 2.11. The van der Waals surface area contributed by atoms with Crippen LogP contribution in [0.2, 0.25) is 0 Å². The molecular formula is C12H17F2NS. The minimum Gasteiger partial charge on any atom is -0.323 e. The number of hydrogen-bond donors (Lipinski definition) is 1. The largest absolute Gasteiger partial charge is 0.323 e. The molecule has 1 nitrogen and oxygen atoms in total. The number of thioether (sulfide) groups is 1. The van der Waals surface area contributed by atoms with Crippen molar-refractivity contribution in [3.8, 4) is 0 Å². The zero-order valence-corrected chi connectivity index (χ0v) is 10.4. The molecule has 1 aromatic rings. The average molecular weight is 245 g/mol. The van der Waals surface area contributed by atoms with Gasteiger partial charge in [0.1, 0.15) is 11.6 Å². The highest BCUT2D eigenvalue weighted by molar-refractivity contribution is 7.99. The van der Waals surface area contributed by atoms with Gasteiger partial charge in [-0.25, -0.2) is 8.78 Å². The van der Waals surface area contributed by atoms with Crippen LogP contribution in [-0.4, -0.2) is 11.5 Å². The Hall–Kier alpha value is -0.610. The lowest BCUT2D eigenvalue weighted by atomic mass is 10.1. The molecule has 0 heterocycles. The molecule has 1 atom stereocenters. The van der Waals surface area contributed by atoms with Gasteiger partial charge in [-0.3, -0.25) is 0 Å². The molecule has 90 valence electrons. The summed E-state index contributed by atoms with van der Waals surface area (Å²) in [6, 6.07) is 3.17. The van der Waals surface area contributed by atoms with E-state index in [1.165, 1.54) is 12.1 Å². The van der Waals surface area contributed by atoms with E-state index in [0.717, 1.165) is 11.8 Å². The van der Waals surface area contributed by atoms with Crippen LogP contribution in [0.25, 0.3) is 0 Å². The molecule has 0 aliphatic carbocycles. The predicted molar refractivity (Wildman–Crippen MR) is 65.4 cm³/mol. The lowest BCUT2D eigenvalue weighted by molar-refractivity contribution is 0.563. The summed E-state index contributed by atoms with van der Waals surface area (Å²) in [5.74, 6) is 1.12. The molecular weight excluding hydrogens is 228 g/mol. The first kappa shape index (κ1) is 13.5. The number of halogens is 2. The van der Waals surface area contributed by atoms with Gasteiger partial charge < -0.3 is 5.73 Å². The van der Waals surface area contributed by atoms with E-state index in [1.807, 2.05) is 0 Å².